The summed E-state index contributed by atoms with van der Waals surface area (Å²) in [6, 6.07) is 8.36. The van der Waals surface area contributed by atoms with Gasteiger partial charge in [0.05, 0.1) is 31.0 Å². The van der Waals surface area contributed by atoms with Crippen molar-refractivity contribution in [3.8, 4) is 0 Å². The maximum atomic E-state index is 13.0. The standard InChI is InChI=1S/C20H28N2O3/c1-14-12-21(13-15(2)25-14)17-8-6-16(7-9-17)20(23)22-10-11-24-19-5-3-4-18(19)22/h6-9,14-15,18-19H,3-5,10-13H2,1-2H3/t14?,15?,18-,19+/m0/s1. The van der Waals surface area contributed by atoms with Crippen molar-refractivity contribution in [2.45, 2.75) is 57.5 Å². The van der Waals surface area contributed by atoms with Crippen LogP contribution in [0, 0.1) is 0 Å². The molecule has 0 spiro atoms. The van der Waals surface area contributed by atoms with Crippen LogP contribution in [0.2, 0.25) is 0 Å². The largest absolute Gasteiger partial charge is 0.374 e. The van der Waals surface area contributed by atoms with Crippen LogP contribution >= 0.6 is 0 Å². The highest BCUT2D eigenvalue weighted by Crippen LogP contribution is 2.31. The molecule has 4 rings (SSSR count). The first-order chi connectivity index (χ1) is 12.1. The molecular weight excluding hydrogens is 316 g/mol. The van der Waals surface area contributed by atoms with Crippen molar-refractivity contribution >= 4 is 11.6 Å². The number of hydrogen-bond donors (Lipinski definition) is 0. The number of rotatable bonds is 2. The number of nitrogens with zero attached hydrogens (tertiary/aromatic N) is 2. The lowest BCUT2D eigenvalue weighted by Crippen LogP contribution is -2.51. The second-order valence-electron chi connectivity index (χ2n) is 7.62. The highest BCUT2D eigenvalue weighted by molar-refractivity contribution is 5.95. The van der Waals surface area contributed by atoms with Crippen LogP contribution in [0.1, 0.15) is 43.5 Å². The first-order valence-corrected chi connectivity index (χ1v) is 9.55. The van der Waals surface area contributed by atoms with Gasteiger partial charge < -0.3 is 19.3 Å². The summed E-state index contributed by atoms with van der Waals surface area (Å²) < 4.78 is 11.6. The van der Waals surface area contributed by atoms with E-state index in [1.807, 2.05) is 17.0 Å². The van der Waals surface area contributed by atoms with E-state index in [0.717, 1.165) is 37.9 Å². The fourth-order valence-electron chi connectivity index (χ4n) is 4.55. The van der Waals surface area contributed by atoms with E-state index in [-0.39, 0.29) is 30.3 Å². The number of fused-ring (bicyclic) bond motifs is 1. The van der Waals surface area contributed by atoms with E-state index in [1.54, 1.807) is 0 Å². The third kappa shape index (κ3) is 3.40. The van der Waals surface area contributed by atoms with Gasteiger partial charge in [0.1, 0.15) is 0 Å². The number of carbonyl (C=O) groups excluding carboxylic acids is 1. The average Bonchev–Trinajstić information content (AvgIpc) is 3.09. The predicted octanol–water partition coefficient (Wildman–Crippen LogP) is 2.69. The van der Waals surface area contributed by atoms with Crippen molar-refractivity contribution in [2.75, 3.05) is 31.1 Å². The van der Waals surface area contributed by atoms with Gasteiger partial charge in [0.15, 0.2) is 0 Å². The molecule has 5 heteroatoms. The van der Waals surface area contributed by atoms with Crippen LogP contribution in [0.25, 0.3) is 0 Å². The van der Waals surface area contributed by atoms with E-state index in [2.05, 4.69) is 30.9 Å². The Labute approximate surface area is 149 Å². The van der Waals surface area contributed by atoms with Gasteiger partial charge in [-0.25, -0.2) is 0 Å². The highest BCUT2D eigenvalue weighted by Gasteiger charge is 2.38. The van der Waals surface area contributed by atoms with Crippen LogP contribution in [-0.2, 0) is 9.47 Å². The van der Waals surface area contributed by atoms with E-state index < -0.39 is 0 Å². The number of morpholine rings is 2. The molecule has 0 radical (unpaired) electrons. The number of ether oxygens (including phenoxy) is 2. The molecule has 1 saturated carbocycles. The summed E-state index contributed by atoms with van der Waals surface area (Å²) in [5.41, 5.74) is 1.95. The fourth-order valence-corrected chi connectivity index (χ4v) is 4.55. The lowest BCUT2D eigenvalue weighted by atomic mass is 10.1. The molecule has 2 saturated heterocycles. The zero-order valence-corrected chi connectivity index (χ0v) is 15.2. The van der Waals surface area contributed by atoms with Crippen LogP contribution < -0.4 is 4.90 Å². The molecular formula is C20H28N2O3. The number of hydrogen-bond acceptors (Lipinski definition) is 4. The second kappa shape index (κ2) is 6.96. The molecule has 136 valence electrons. The zero-order chi connectivity index (χ0) is 17.4. The molecule has 2 aliphatic heterocycles. The molecule has 4 atom stereocenters. The third-order valence-corrected chi connectivity index (χ3v) is 5.64. The van der Waals surface area contributed by atoms with Crippen molar-refractivity contribution in [2.24, 2.45) is 0 Å². The minimum atomic E-state index is 0.149. The Kier molecular flexibility index (Phi) is 4.69. The molecule has 3 aliphatic rings. The lowest BCUT2D eigenvalue weighted by molar-refractivity contribution is -0.0445. The molecule has 1 aromatic rings. The molecule has 0 bridgehead atoms. The summed E-state index contributed by atoms with van der Waals surface area (Å²) in [7, 11) is 0. The van der Waals surface area contributed by atoms with E-state index in [1.165, 1.54) is 5.69 Å². The van der Waals surface area contributed by atoms with E-state index in [0.29, 0.717) is 13.2 Å². The van der Waals surface area contributed by atoms with Gasteiger partial charge >= 0.3 is 0 Å². The third-order valence-electron chi connectivity index (χ3n) is 5.64. The fraction of sp³-hybridized carbons (Fsp3) is 0.650. The van der Waals surface area contributed by atoms with Crippen molar-refractivity contribution in [3.63, 3.8) is 0 Å². The summed E-state index contributed by atoms with van der Waals surface area (Å²) in [5.74, 6) is 0.149. The summed E-state index contributed by atoms with van der Waals surface area (Å²) in [5, 5.41) is 0. The number of carbonyl (C=O) groups is 1. The lowest BCUT2D eigenvalue weighted by Gasteiger charge is -2.38. The van der Waals surface area contributed by atoms with Gasteiger partial charge in [-0.15, -0.1) is 0 Å². The molecule has 1 aromatic carbocycles. The first kappa shape index (κ1) is 16.9. The first-order valence-electron chi connectivity index (χ1n) is 9.55. The van der Waals surface area contributed by atoms with E-state index in [4.69, 9.17) is 9.47 Å². The summed E-state index contributed by atoms with van der Waals surface area (Å²) in [6.07, 6.45) is 4.02. The van der Waals surface area contributed by atoms with Crippen LogP contribution in [0.3, 0.4) is 0 Å². The molecule has 0 aromatic heterocycles. The van der Waals surface area contributed by atoms with E-state index >= 15 is 0 Å². The van der Waals surface area contributed by atoms with Crippen LogP contribution in [0.4, 0.5) is 5.69 Å². The molecule has 2 unspecified atom stereocenters. The normalized spacial score (nSPS) is 32.6. The molecule has 3 fully saturated rings. The predicted molar refractivity (Wildman–Crippen MR) is 97.1 cm³/mol. The average molecular weight is 344 g/mol. The van der Waals surface area contributed by atoms with Crippen molar-refractivity contribution < 1.29 is 14.3 Å². The van der Waals surface area contributed by atoms with Gasteiger partial charge in [-0.3, -0.25) is 4.79 Å². The minimum absolute atomic E-state index is 0.149. The van der Waals surface area contributed by atoms with Crippen molar-refractivity contribution in [1.82, 2.24) is 4.90 Å². The molecule has 5 nitrogen and oxygen atoms in total. The van der Waals surface area contributed by atoms with Gasteiger partial charge in [-0.1, -0.05) is 0 Å². The van der Waals surface area contributed by atoms with Gasteiger partial charge in [0.25, 0.3) is 5.91 Å². The molecule has 0 N–H and O–H groups in total. The second-order valence-corrected chi connectivity index (χ2v) is 7.62. The van der Waals surface area contributed by atoms with Gasteiger partial charge in [0.2, 0.25) is 0 Å². The Morgan fingerprint density at radius 2 is 1.80 bits per heavy atom. The Morgan fingerprint density at radius 3 is 2.52 bits per heavy atom. The minimum Gasteiger partial charge on any atom is -0.374 e. The number of anilines is 1. The SMILES string of the molecule is CC1CN(c2ccc(C(=O)N3CCO[C@@H]4CCC[C@@H]43)cc2)CC(C)O1. The summed E-state index contributed by atoms with van der Waals surface area (Å²) in [6.45, 7) is 7.37. The van der Waals surface area contributed by atoms with Crippen LogP contribution in [-0.4, -0.2) is 61.4 Å². The maximum Gasteiger partial charge on any atom is 0.254 e. The monoisotopic (exact) mass is 344 g/mol. The smallest absolute Gasteiger partial charge is 0.254 e. The quantitative estimate of drug-likeness (QED) is 0.827. The maximum absolute atomic E-state index is 13.0. The molecule has 1 aliphatic carbocycles. The summed E-state index contributed by atoms with van der Waals surface area (Å²) in [4.78, 5) is 17.3. The number of benzene rings is 1. The van der Waals surface area contributed by atoms with Gasteiger partial charge in [-0.05, 0) is 57.4 Å². The zero-order valence-electron chi connectivity index (χ0n) is 15.2. The van der Waals surface area contributed by atoms with Crippen molar-refractivity contribution in [1.29, 1.82) is 0 Å². The van der Waals surface area contributed by atoms with Crippen LogP contribution in [0.5, 0.6) is 0 Å². The number of amides is 1. The Hall–Kier alpha value is -1.59. The molecule has 1 amide bonds. The Balaban J connectivity index is 1.47. The summed E-state index contributed by atoms with van der Waals surface area (Å²) >= 11 is 0. The molecule has 25 heavy (non-hydrogen) atoms. The Morgan fingerprint density at radius 1 is 1.08 bits per heavy atom. The molecule has 2 heterocycles. The highest BCUT2D eigenvalue weighted by atomic mass is 16.5. The Bertz CT molecular complexity index is 608. The van der Waals surface area contributed by atoms with Gasteiger partial charge in [-0.2, -0.15) is 0 Å². The van der Waals surface area contributed by atoms with E-state index in [9.17, 15) is 4.79 Å². The van der Waals surface area contributed by atoms with Gasteiger partial charge in [0, 0.05) is 30.9 Å². The van der Waals surface area contributed by atoms with Crippen molar-refractivity contribution in [3.05, 3.63) is 29.8 Å². The van der Waals surface area contributed by atoms with Crippen LogP contribution in [0.15, 0.2) is 24.3 Å². The topological polar surface area (TPSA) is 42.0 Å².